The molecule has 2 rings (SSSR count). The van der Waals surface area contributed by atoms with E-state index in [9.17, 15) is 4.39 Å². The molecule has 0 aliphatic heterocycles. The number of hydrogen-bond donors (Lipinski definition) is 4. The Morgan fingerprint density at radius 3 is 1.90 bits per heavy atom. The summed E-state index contributed by atoms with van der Waals surface area (Å²) in [7, 11) is 0. The molecule has 0 aliphatic carbocycles. The highest BCUT2D eigenvalue weighted by atomic mass is 19.1. The highest BCUT2D eigenvalue weighted by Gasteiger charge is 1.96. The van der Waals surface area contributed by atoms with E-state index < -0.39 is 5.97 Å². The van der Waals surface area contributed by atoms with E-state index >= 15 is 0 Å². The number of aliphatic carboxylic acids is 1. The minimum atomic E-state index is -0.833. The Kier molecular flexibility index (Phi) is 8.59. The van der Waals surface area contributed by atoms with Gasteiger partial charge in [-0.25, -0.2) is 4.39 Å². The van der Waals surface area contributed by atoms with E-state index in [4.69, 9.17) is 15.3 Å². The number of carboxylic acid groups (broad SMARTS) is 1. The van der Waals surface area contributed by atoms with Gasteiger partial charge in [0.15, 0.2) is 5.96 Å². The molecule has 2 aromatic rings. The number of benzene rings is 2. The molecule has 21 heavy (non-hydrogen) atoms. The third-order valence-electron chi connectivity index (χ3n) is 1.93. The zero-order valence-electron chi connectivity index (χ0n) is 11.6. The fourth-order valence-electron chi connectivity index (χ4n) is 1.30. The number of halogens is 1. The van der Waals surface area contributed by atoms with Crippen LogP contribution in [0.4, 0.5) is 4.39 Å². The highest BCUT2D eigenvalue weighted by Crippen LogP contribution is 2.18. The van der Waals surface area contributed by atoms with Gasteiger partial charge in [-0.2, -0.15) is 0 Å². The molecule has 0 radical (unpaired) electrons. The molecular formula is C15H18FN3O2. The van der Waals surface area contributed by atoms with E-state index in [2.05, 4.69) is 11.5 Å². The molecule has 2 aromatic carbocycles. The molecule has 0 atom stereocenters. The molecule has 112 valence electrons. The number of carbonyl (C=O) groups is 1. The normalized spacial score (nSPS) is 8.48. The molecule has 6 heteroatoms. The molecular weight excluding hydrogens is 273 g/mol. The van der Waals surface area contributed by atoms with Gasteiger partial charge in [0.05, 0.1) is 0 Å². The summed E-state index contributed by atoms with van der Waals surface area (Å²) in [5.74, 6) is -1.36. The van der Waals surface area contributed by atoms with Gasteiger partial charge in [-0.1, -0.05) is 42.5 Å². The summed E-state index contributed by atoms with van der Waals surface area (Å²) in [4.78, 5) is 9.00. The van der Waals surface area contributed by atoms with Crippen LogP contribution in [0.15, 0.2) is 54.6 Å². The lowest BCUT2D eigenvalue weighted by atomic mass is 10.1. The maximum absolute atomic E-state index is 12.9. The first-order valence-corrected chi connectivity index (χ1v) is 5.93. The van der Waals surface area contributed by atoms with Crippen molar-refractivity contribution >= 4 is 11.9 Å². The molecule has 0 saturated carbocycles. The SMILES string of the molecule is CC(=O)O.Fc1cccc(-c2ccccc2)c1.N=C(N)N. The molecule has 0 bridgehead atoms. The second kappa shape index (κ2) is 9.96. The molecule has 0 heterocycles. The van der Waals surface area contributed by atoms with Crippen molar-refractivity contribution in [1.82, 2.24) is 0 Å². The summed E-state index contributed by atoms with van der Waals surface area (Å²) in [5.41, 5.74) is 10.9. The zero-order chi connectivity index (χ0) is 16.3. The molecule has 0 fully saturated rings. The van der Waals surface area contributed by atoms with Crippen LogP contribution >= 0.6 is 0 Å². The molecule has 5 nitrogen and oxygen atoms in total. The van der Waals surface area contributed by atoms with Crippen molar-refractivity contribution in [3.8, 4) is 11.1 Å². The molecule has 0 unspecified atom stereocenters. The first-order valence-electron chi connectivity index (χ1n) is 5.93. The highest BCUT2D eigenvalue weighted by molar-refractivity contribution is 5.71. The maximum atomic E-state index is 12.9. The van der Waals surface area contributed by atoms with E-state index in [1.807, 2.05) is 36.4 Å². The number of guanidine groups is 1. The average molecular weight is 291 g/mol. The van der Waals surface area contributed by atoms with Crippen molar-refractivity contribution < 1.29 is 14.3 Å². The average Bonchev–Trinajstić information content (AvgIpc) is 2.38. The van der Waals surface area contributed by atoms with Crippen LogP contribution in [-0.4, -0.2) is 17.0 Å². The second-order valence-corrected chi connectivity index (χ2v) is 3.85. The van der Waals surface area contributed by atoms with E-state index in [0.717, 1.165) is 18.1 Å². The van der Waals surface area contributed by atoms with Crippen LogP contribution < -0.4 is 11.5 Å². The maximum Gasteiger partial charge on any atom is 0.300 e. The van der Waals surface area contributed by atoms with Gasteiger partial charge in [-0.15, -0.1) is 0 Å². The Morgan fingerprint density at radius 2 is 1.48 bits per heavy atom. The Labute approximate surface area is 122 Å². The van der Waals surface area contributed by atoms with Crippen LogP contribution in [0.5, 0.6) is 0 Å². The summed E-state index contributed by atoms with van der Waals surface area (Å²) in [5, 5.41) is 13.5. The fourth-order valence-corrected chi connectivity index (χ4v) is 1.30. The number of nitrogens with two attached hydrogens (primary N) is 2. The van der Waals surface area contributed by atoms with E-state index in [1.54, 1.807) is 6.07 Å². The smallest absolute Gasteiger partial charge is 0.300 e. The summed E-state index contributed by atoms with van der Waals surface area (Å²) >= 11 is 0. The van der Waals surface area contributed by atoms with E-state index in [-0.39, 0.29) is 11.8 Å². The number of rotatable bonds is 1. The number of hydrogen-bond acceptors (Lipinski definition) is 2. The van der Waals surface area contributed by atoms with Gasteiger partial charge in [0.2, 0.25) is 0 Å². The minimum Gasteiger partial charge on any atom is -0.481 e. The molecule has 0 spiro atoms. The lowest BCUT2D eigenvalue weighted by molar-refractivity contribution is -0.134. The van der Waals surface area contributed by atoms with Crippen molar-refractivity contribution in [3.05, 3.63) is 60.4 Å². The first kappa shape index (κ1) is 18.1. The zero-order valence-corrected chi connectivity index (χ0v) is 11.6. The lowest BCUT2D eigenvalue weighted by Gasteiger charge is -1.99. The van der Waals surface area contributed by atoms with E-state index in [1.165, 1.54) is 12.1 Å². The standard InChI is InChI=1S/C12H9F.C2H4O2.CH5N3/c13-12-8-4-7-11(9-12)10-5-2-1-3-6-10;1-2(3)4;2-1(3)4/h1-9H;1H3,(H,3,4);(H5,2,3,4). The van der Waals surface area contributed by atoms with Gasteiger partial charge < -0.3 is 16.6 Å². The third kappa shape index (κ3) is 10.7. The first-order chi connectivity index (χ1) is 9.82. The van der Waals surface area contributed by atoms with Gasteiger partial charge in [0, 0.05) is 6.92 Å². The molecule has 0 amide bonds. The molecule has 0 aromatic heterocycles. The largest absolute Gasteiger partial charge is 0.481 e. The van der Waals surface area contributed by atoms with Gasteiger partial charge in [-0.3, -0.25) is 10.2 Å². The molecule has 0 aliphatic rings. The van der Waals surface area contributed by atoms with Crippen molar-refractivity contribution in [2.45, 2.75) is 6.92 Å². The number of nitrogens with one attached hydrogen (secondary N) is 1. The summed E-state index contributed by atoms with van der Waals surface area (Å²) in [6.45, 7) is 1.08. The number of carboxylic acids is 1. The van der Waals surface area contributed by atoms with Crippen LogP contribution in [0.2, 0.25) is 0 Å². The Bertz CT molecular complexity index is 554. The van der Waals surface area contributed by atoms with Crippen molar-refractivity contribution in [2.75, 3.05) is 0 Å². The van der Waals surface area contributed by atoms with Crippen molar-refractivity contribution in [3.63, 3.8) is 0 Å². The van der Waals surface area contributed by atoms with Crippen LogP contribution in [0.1, 0.15) is 6.92 Å². The topological polar surface area (TPSA) is 113 Å². The monoisotopic (exact) mass is 291 g/mol. The van der Waals surface area contributed by atoms with Gasteiger partial charge in [-0.05, 0) is 23.3 Å². The Hall–Kier alpha value is -2.89. The fraction of sp³-hybridized carbons (Fsp3) is 0.0667. The summed E-state index contributed by atoms with van der Waals surface area (Å²) in [6.07, 6.45) is 0. The van der Waals surface area contributed by atoms with Gasteiger partial charge in [0.25, 0.3) is 5.97 Å². The van der Waals surface area contributed by atoms with Gasteiger partial charge in [0.1, 0.15) is 5.82 Å². The predicted octanol–water partition coefficient (Wildman–Crippen LogP) is 2.42. The Morgan fingerprint density at radius 1 is 1.05 bits per heavy atom. The minimum absolute atomic E-state index is 0.193. The van der Waals surface area contributed by atoms with Gasteiger partial charge >= 0.3 is 0 Å². The van der Waals surface area contributed by atoms with Crippen LogP contribution in [-0.2, 0) is 4.79 Å². The van der Waals surface area contributed by atoms with E-state index in [0.29, 0.717) is 0 Å². The molecule has 6 N–H and O–H groups in total. The van der Waals surface area contributed by atoms with Crippen molar-refractivity contribution in [2.24, 2.45) is 11.5 Å². The lowest BCUT2D eigenvalue weighted by Crippen LogP contribution is -2.20. The van der Waals surface area contributed by atoms with Crippen molar-refractivity contribution in [1.29, 1.82) is 5.41 Å². The quantitative estimate of drug-likeness (QED) is 0.477. The third-order valence-corrected chi connectivity index (χ3v) is 1.93. The second-order valence-electron chi connectivity index (χ2n) is 3.85. The Balaban J connectivity index is 0.000000421. The predicted molar refractivity (Wildman–Crippen MR) is 81.2 cm³/mol. The summed E-state index contributed by atoms with van der Waals surface area (Å²) in [6, 6.07) is 16.4. The van der Waals surface area contributed by atoms with Crippen LogP contribution in [0, 0.1) is 11.2 Å². The summed E-state index contributed by atoms with van der Waals surface area (Å²) < 4.78 is 12.9. The molecule has 0 saturated heterocycles. The van der Waals surface area contributed by atoms with Crippen LogP contribution in [0.25, 0.3) is 11.1 Å². The van der Waals surface area contributed by atoms with Crippen LogP contribution in [0.3, 0.4) is 0 Å².